The van der Waals surface area contributed by atoms with Crippen LogP contribution in [0.15, 0.2) is 0 Å². The number of rotatable bonds is 4. The first-order valence-electron chi connectivity index (χ1n) is 5.48. The van der Waals surface area contributed by atoms with Crippen LogP contribution in [0.5, 0.6) is 0 Å². The van der Waals surface area contributed by atoms with Crippen molar-refractivity contribution < 1.29 is 13.6 Å². The minimum Gasteiger partial charge on any atom is -0.303 e. The highest BCUT2D eigenvalue weighted by atomic mass is 31.2. The maximum absolute atomic E-state index is 12.4. The van der Waals surface area contributed by atoms with Gasteiger partial charge in [-0.2, -0.15) is 0 Å². The van der Waals surface area contributed by atoms with Crippen molar-refractivity contribution in [2.24, 2.45) is 0 Å². The van der Waals surface area contributed by atoms with Gasteiger partial charge in [-0.05, 0) is 48.0 Å². The molecule has 0 radical (unpaired) electrons. The molecule has 0 amide bonds. The molecule has 92 valence electrons. The van der Waals surface area contributed by atoms with Crippen molar-refractivity contribution in [3.05, 3.63) is 0 Å². The highest BCUT2D eigenvalue weighted by Crippen LogP contribution is 2.54. The van der Waals surface area contributed by atoms with E-state index in [1.54, 1.807) is 0 Å². The minimum absolute atomic E-state index is 0.435. The van der Waals surface area contributed by atoms with Crippen LogP contribution in [-0.2, 0) is 13.6 Å². The summed E-state index contributed by atoms with van der Waals surface area (Å²) in [6, 6.07) is 0. The molecule has 0 heterocycles. The summed E-state index contributed by atoms with van der Waals surface area (Å²) in [6.07, 6.45) is 1.27. The van der Waals surface area contributed by atoms with E-state index in [2.05, 4.69) is 0 Å². The molecule has 0 bridgehead atoms. The quantitative estimate of drug-likeness (QED) is 0.685. The molecule has 0 saturated heterocycles. The average Bonchev–Trinajstić information content (AvgIpc) is 1.74. The lowest BCUT2D eigenvalue weighted by molar-refractivity contribution is 0.0493. The predicted octanol–water partition coefficient (Wildman–Crippen LogP) is 4.22. The molecule has 0 unspecified atom stereocenters. The Balaban J connectivity index is 4.68. The Bertz CT molecular complexity index is 215. The summed E-state index contributed by atoms with van der Waals surface area (Å²) < 4.78 is 23.6. The van der Waals surface area contributed by atoms with Gasteiger partial charge in [0.1, 0.15) is 0 Å². The van der Waals surface area contributed by atoms with Crippen molar-refractivity contribution in [3.8, 4) is 0 Å². The van der Waals surface area contributed by atoms with E-state index >= 15 is 0 Å². The largest absolute Gasteiger partial charge is 0.331 e. The summed E-state index contributed by atoms with van der Waals surface area (Å²) in [5, 5.41) is 0. The Morgan fingerprint density at radius 2 is 1.27 bits per heavy atom. The summed E-state index contributed by atoms with van der Waals surface area (Å²) >= 11 is 0. The average molecular weight is 236 g/mol. The van der Waals surface area contributed by atoms with Gasteiger partial charge in [0.15, 0.2) is 0 Å². The molecule has 15 heavy (non-hydrogen) atoms. The zero-order chi connectivity index (χ0) is 12.3. The number of hydrogen-bond acceptors (Lipinski definition) is 3. The van der Waals surface area contributed by atoms with Gasteiger partial charge in [-0.1, -0.05) is 6.92 Å². The molecule has 0 aromatic carbocycles. The summed E-state index contributed by atoms with van der Waals surface area (Å²) in [5.74, 6) is 0. The van der Waals surface area contributed by atoms with E-state index in [0.717, 1.165) is 6.42 Å². The molecular formula is C11H25O3P. The molecule has 3 nitrogen and oxygen atoms in total. The van der Waals surface area contributed by atoms with Crippen LogP contribution in [0.2, 0.25) is 0 Å². The van der Waals surface area contributed by atoms with E-state index < -0.39 is 18.8 Å². The molecule has 0 aromatic rings. The molecule has 0 saturated carbocycles. The molecular weight excluding hydrogens is 211 g/mol. The van der Waals surface area contributed by atoms with Crippen molar-refractivity contribution in [1.82, 2.24) is 0 Å². The van der Waals surface area contributed by atoms with Gasteiger partial charge < -0.3 is 9.05 Å². The third-order valence-corrected chi connectivity index (χ3v) is 3.97. The Morgan fingerprint density at radius 1 is 0.933 bits per heavy atom. The van der Waals surface area contributed by atoms with Crippen molar-refractivity contribution >= 4 is 7.60 Å². The standard InChI is InChI=1S/C11H25O3P/c1-8-9-15(12,13-10(2,3)4)14-11(5,6)7/h8-9H2,1-7H3. The van der Waals surface area contributed by atoms with Crippen molar-refractivity contribution in [3.63, 3.8) is 0 Å². The van der Waals surface area contributed by atoms with Crippen molar-refractivity contribution in [2.75, 3.05) is 6.16 Å². The van der Waals surface area contributed by atoms with Gasteiger partial charge in [0, 0.05) is 6.16 Å². The molecule has 0 aliphatic heterocycles. The molecule has 0 fully saturated rings. The van der Waals surface area contributed by atoms with Gasteiger partial charge in [0.25, 0.3) is 0 Å². The fraction of sp³-hybridized carbons (Fsp3) is 1.00. The zero-order valence-corrected chi connectivity index (χ0v) is 12.0. The molecule has 0 atom stereocenters. The normalized spacial score (nSPS) is 14.3. The van der Waals surface area contributed by atoms with Crippen molar-refractivity contribution in [1.29, 1.82) is 0 Å². The summed E-state index contributed by atoms with van der Waals surface area (Å²) in [7, 11) is -2.96. The summed E-state index contributed by atoms with van der Waals surface area (Å²) in [6.45, 7) is 13.3. The second-order valence-electron chi connectivity index (χ2n) is 5.74. The van der Waals surface area contributed by atoms with Gasteiger partial charge in [-0.15, -0.1) is 0 Å². The monoisotopic (exact) mass is 236 g/mol. The first-order chi connectivity index (χ1) is 6.47. The lowest BCUT2D eigenvalue weighted by Crippen LogP contribution is -2.24. The van der Waals surface area contributed by atoms with Crippen LogP contribution in [-0.4, -0.2) is 17.4 Å². The van der Waals surface area contributed by atoms with E-state index in [1.165, 1.54) is 0 Å². The van der Waals surface area contributed by atoms with Crippen LogP contribution >= 0.6 is 7.60 Å². The second kappa shape index (κ2) is 4.99. The summed E-state index contributed by atoms with van der Waals surface area (Å²) in [4.78, 5) is 0. The molecule has 4 heteroatoms. The Morgan fingerprint density at radius 3 is 1.47 bits per heavy atom. The van der Waals surface area contributed by atoms with Gasteiger partial charge in [0.05, 0.1) is 11.2 Å². The molecule has 0 aromatic heterocycles. The van der Waals surface area contributed by atoms with Gasteiger partial charge in [-0.25, -0.2) is 0 Å². The first-order valence-corrected chi connectivity index (χ1v) is 7.21. The maximum atomic E-state index is 12.4. The minimum atomic E-state index is -2.96. The first kappa shape index (κ1) is 15.2. The summed E-state index contributed by atoms with van der Waals surface area (Å²) in [5.41, 5.74) is -0.869. The lowest BCUT2D eigenvalue weighted by atomic mass is 10.2. The highest BCUT2D eigenvalue weighted by Gasteiger charge is 2.34. The van der Waals surface area contributed by atoms with E-state index in [0.29, 0.717) is 6.16 Å². The Kier molecular flexibility index (Phi) is 5.04. The van der Waals surface area contributed by atoms with Crippen LogP contribution in [0, 0.1) is 0 Å². The Hall–Kier alpha value is 0.150. The zero-order valence-electron chi connectivity index (χ0n) is 11.1. The van der Waals surface area contributed by atoms with E-state index in [4.69, 9.17) is 9.05 Å². The van der Waals surface area contributed by atoms with Gasteiger partial charge in [-0.3, -0.25) is 4.57 Å². The maximum Gasteiger partial charge on any atom is 0.331 e. The molecule has 0 N–H and O–H groups in total. The van der Waals surface area contributed by atoms with Gasteiger partial charge in [0.2, 0.25) is 0 Å². The topological polar surface area (TPSA) is 35.5 Å². The van der Waals surface area contributed by atoms with Crippen LogP contribution in [0.4, 0.5) is 0 Å². The number of hydrogen-bond donors (Lipinski definition) is 0. The second-order valence-corrected chi connectivity index (χ2v) is 7.78. The van der Waals surface area contributed by atoms with E-state index in [1.807, 2.05) is 48.5 Å². The molecule has 0 aliphatic carbocycles. The van der Waals surface area contributed by atoms with E-state index in [-0.39, 0.29) is 0 Å². The SMILES string of the molecule is CCCP(=O)(OC(C)(C)C)OC(C)(C)C. The molecule has 0 rings (SSSR count). The highest BCUT2D eigenvalue weighted by molar-refractivity contribution is 7.53. The third kappa shape index (κ3) is 8.01. The molecule has 0 spiro atoms. The predicted molar refractivity (Wildman–Crippen MR) is 64.4 cm³/mol. The Labute approximate surface area is 94.1 Å². The van der Waals surface area contributed by atoms with Crippen LogP contribution < -0.4 is 0 Å². The third-order valence-electron chi connectivity index (χ3n) is 1.32. The van der Waals surface area contributed by atoms with Gasteiger partial charge >= 0.3 is 7.60 Å². The van der Waals surface area contributed by atoms with Crippen molar-refractivity contribution in [2.45, 2.75) is 66.1 Å². The van der Waals surface area contributed by atoms with E-state index in [9.17, 15) is 4.57 Å². The molecule has 0 aliphatic rings. The van der Waals surface area contributed by atoms with Crippen LogP contribution in [0.1, 0.15) is 54.9 Å². The van der Waals surface area contributed by atoms with Crippen LogP contribution in [0.25, 0.3) is 0 Å². The van der Waals surface area contributed by atoms with Crippen LogP contribution in [0.3, 0.4) is 0 Å². The smallest absolute Gasteiger partial charge is 0.303 e. The fourth-order valence-corrected chi connectivity index (χ4v) is 3.65. The fourth-order valence-electron chi connectivity index (χ4n) is 1.22. The lowest BCUT2D eigenvalue weighted by Gasteiger charge is -2.31.